The maximum Gasteiger partial charge on any atom is 0.234 e. The number of nitrogens with one attached hydrogen (secondary N) is 2. The number of hydrogen-bond donors (Lipinski definition) is 2. The Bertz CT molecular complexity index is 968. The molecule has 2 saturated carbocycles. The predicted octanol–water partition coefficient (Wildman–Crippen LogP) is 4.17. The zero-order valence-electron chi connectivity index (χ0n) is 17.2. The van der Waals surface area contributed by atoms with E-state index in [4.69, 9.17) is 0 Å². The molecular weight excluding hydrogens is 362 g/mol. The normalized spacial score (nSPS) is 28.5. The molecule has 5 heteroatoms. The molecular formula is C24H27N3O2. The minimum absolute atomic E-state index is 0.148. The molecule has 5 nitrogen and oxygen atoms in total. The second-order valence-electron chi connectivity index (χ2n) is 8.80. The molecule has 0 aromatic heterocycles. The molecule has 2 aliphatic carbocycles. The molecule has 0 aliphatic heterocycles. The molecule has 2 bridgehead atoms. The second-order valence-corrected chi connectivity index (χ2v) is 8.80. The first-order valence-corrected chi connectivity index (χ1v) is 10.1. The topological polar surface area (TPSA) is 70.6 Å². The Kier molecular flexibility index (Phi) is 4.56. The zero-order chi connectivity index (χ0) is 20.7. The number of ketones is 1. The molecule has 2 aromatic rings. The molecule has 2 unspecified atom stereocenters. The number of hydrogen-bond acceptors (Lipinski definition) is 4. The Balaban J connectivity index is 1.63. The standard InChI is InChI=1S/C24H27N3O2/c1-22(2)23(3)14-15-24(22,21(29)25-16-17-10-6-4-7-11-17)20(28)19(23)27-26-18-12-8-5-9-13-18/h4-13,26H,14-16H2,1-3H3,(H,25,29). The van der Waals surface area contributed by atoms with Gasteiger partial charge < -0.3 is 5.32 Å². The van der Waals surface area contributed by atoms with Crippen molar-refractivity contribution in [3.63, 3.8) is 0 Å². The SMILES string of the molecule is CC12CCC(C(=O)NCc3ccccc3)(C(=O)C1=NNc1ccccc1)C2(C)C. The highest BCUT2D eigenvalue weighted by Gasteiger charge is 2.76. The number of carbonyl (C=O) groups is 2. The number of rotatable bonds is 5. The van der Waals surface area contributed by atoms with Crippen molar-refractivity contribution in [3.8, 4) is 0 Å². The van der Waals surface area contributed by atoms with Gasteiger partial charge in [-0.25, -0.2) is 0 Å². The number of para-hydroxylation sites is 1. The minimum Gasteiger partial charge on any atom is -0.351 e. The molecule has 0 heterocycles. The second kappa shape index (κ2) is 6.83. The van der Waals surface area contributed by atoms with Crippen molar-refractivity contribution in [1.29, 1.82) is 0 Å². The fourth-order valence-corrected chi connectivity index (χ4v) is 5.03. The van der Waals surface area contributed by atoms with Crippen LogP contribution in [0.2, 0.25) is 0 Å². The van der Waals surface area contributed by atoms with Crippen molar-refractivity contribution in [3.05, 3.63) is 66.2 Å². The summed E-state index contributed by atoms with van der Waals surface area (Å²) in [5.74, 6) is -0.338. The first kappa shape index (κ1) is 19.4. The monoisotopic (exact) mass is 389 g/mol. The van der Waals surface area contributed by atoms with Crippen LogP contribution >= 0.6 is 0 Å². The minimum atomic E-state index is -1.08. The van der Waals surface area contributed by atoms with Gasteiger partial charge in [-0.1, -0.05) is 69.3 Å². The van der Waals surface area contributed by atoms with Crippen LogP contribution in [0.15, 0.2) is 65.8 Å². The van der Waals surface area contributed by atoms with Crippen LogP contribution in [0.25, 0.3) is 0 Å². The van der Waals surface area contributed by atoms with Gasteiger partial charge in [0.2, 0.25) is 5.91 Å². The highest BCUT2D eigenvalue weighted by atomic mass is 16.2. The van der Waals surface area contributed by atoms with Crippen molar-refractivity contribution in [2.75, 3.05) is 5.43 Å². The summed E-state index contributed by atoms with van der Waals surface area (Å²) >= 11 is 0. The van der Waals surface area contributed by atoms with Crippen molar-refractivity contribution >= 4 is 23.1 Å². The van der Waals surface area contributed by atoms with E-state index in [0.29, 0.717) is 18.7 Å². The Morgan fingerprint density at radius 2 is 1.59 bits per heavy atom. The molecule has 150 valence electrons. The Morgan fingerprint density at radius 3 is 2.24 bits per heavy atom. The number of nitrogens with zero attached hydrogens (tertiary/aromatic N) is 1. The summed E-state index contributed by atoms with van der Waals surface area (Å²) < 4.78 is 0. The third kappa shape index (κ3) is 2.71. The number of amides is 1. The van der Waals surface area contributed by atoms with E-state index in [0.717, 1.165) is 17.7 Å². The van der Waals surface area contributed by atoms with Gasteiger partial charge >= 0.3 is 0 Å². The molecule has 0 radical (unpaired) electrons. The van der Waals surface area contributed by atoms with Crippen LogP contribution in [0.4, 0.5) is 5.69 Å². The van der Waals surface area contributed by atoms with Gasteiger partial charge in [0.1, 0.15) is 11.1 Å². The number of benzene rings is 2. The van der Waals surface area contributed by atoms with Crippen molar-refractivity contribution < 1.29 is 9.59 Å². The molecule has 1 amide bonds. The first-order valence-electron chi connectivity index (χ1n) is 10.1. The lowest BCUT2D eigenvalue weighted by Crippen LogP contribution is -2.50. The van der Waals surface area contributed by atoms with Gasteiger partial charge in [-0.2, -0.15) is 5.10 Å². The number of fused-ring (bicyclic) bond motifs is 2. The van der Waals surface area contributed by atoms with Crippen LogP contribution in [-0.4, -0.2) is 17.4 Å². The smallest absolute Gasteiger partial charge is 0.234 e. The summed E-state index contributed by atoms with van der Waals surface area (Å²) in [4.78, 5) is 26.9. The summed E-state index contributed by atoms with van der Waals surface area (Å²) in [7, 11) is 0. The zero-order valence-corrected chi connectivity index (χ0v) is 17.2. The average Bonchev–Trinajstić information content (AvgIpc) is 3.01. The van der Waals surface area contributed by atoms with Crippen LogP contribution in [-0.2, 0) is 16.1 Å². The summed E-state index contributed by atoms with van der Waals surface area (Å²) in [5.41, 5.74) is 3.28. The van der Waals surface area contributed by atoms with E-state index in [9.17, 15) is 9.59 Å². The van der Waals surface area contributed by atoms with Gasteiger partial charge in [0.15, 0.2) is 5.78 Å². The molecule has 4 rings (SSSR count). The third-order valence-corrected chi connectivity index (χ3v) is 7.33. The van der Waals surface area contributed by atoms with Gasteiger partial charge in [0.05, 0.1) is 5.69 Å². The number of hydrazone groups is 1. The maximum absolute atomic E-state index is 13.6. The molecule has 29 heavy (non-hydrogen) atoms. The van der Waals surface area contributed by atoms with Crippen LogP contribution in [0.5, 0.6) is 0 Å². The van der Waals surface area contributed by atoms with Gasteiger partial charge in [-0.15, -0.1) is 0 Å². The number of carbonyl (C=O) groups excluding carboxylic acids is 2. The van der Waals surface area contributed by atoms with E-state index >= 15 is 0 Å². The van der Waals surface area contributed by atoms with Crippen LogP contribution in [0, 0.1) is 16.2 Å². The molecule has 0 saturated heterocycles. The third-order valence-electron chi connectivity index (χ3n) is 7.33. The highest BCUT2D eigenvalue weighted by Crippen LogP contribution is 2.69. The highest BCUT2D eigenvalue weighted by molar-refractivity contribution is 6.50. The van der Waals surface area contributed by atoms with Gasteiger partial charge in [0.25, 0.3) is 0 Å². The summed E-state index contributed by atoms with van der Waals surface area (Å²) in [5, 5.41) is 7.53. The van der Waals surface area contributed by atoms with Gasteiger partial charge in [-0.05, 0) is 36.0 Å². The fourth-order valence-electron chi connectivity index (χ4n) is 5.03. The lowest BCUT2D eigenvalue weighted by Gasteiger charge is -2.37. The number of Topliss-reactive ketones (excluding diaryl/α,β-unsaturated/α-hetero) is 1. The molecule has 2 N–H and O–H groups in total. The first-order chi connectivity index (χ1) is 13.8. The average molecular weight is 389 g/mol. The summed E-state index contributed by atoms with van der Waals surface area (Å²) in [6.45, 7) is 6.54. The fraction of sp³-hybridized carbons (Fsp3) is 0.375. The van der Waals surface area contributed by atoms with Gasteiger partial charge in [0, 0.05) is 12.0 Å². The van der Waals surface area contributed by atoms with E-state index in [1.165, 1.54) is 0 Å². The lowest BCUT2D eigenvalue weighted by atomic mass is 9.64. The largest absolute Gasteiger partial charge is 0.351 e. The Hall–Kier alpha value is -2.95. The molecule has 2 atom stereocenters. The van der Waals surface area contributed by atoms with Crippen molar-refractivity contribution in [2.45, 2.75) is 40.2 Å². The van der Waals surface area contributed by atoms with E-state index in [2.05, 4.69) is 22.8 Å². The summed E-state index contributed by atoms with van der Waals surface area (Å²) in [6, 6.07) is 19.3. The van der Waals surface area contributed by atoms with Crippen LogP contribution in [0.3, 0.4) is 0 Å². The van der Waals surface area contributed by atoms with E-state index in [1.807, 2.05) is 74.5 Å². The number of anilines is 1. The van der Waals surface area contributed by atoms with E-state index in [1.54, 1.807) is 0 Å². The van der Waals surface area contributed by atoms with Crippen molar-refractivity contribution in [1.82, 2.24) is 5.32 Å². The molecule has 2 aliphatic rings. The van der Waals surface area contributed by atoms with Gasteiger partial charge in [-0.3, -0.25) is 15.0 Å². The quantitative estimate of drug-likeness (QED) is 0.596. The predicted molar refractivity (Wildman–Crippen MR) is 114 cm³/mol. The van der Waals surface area contributed by atoms with Crippen LogP contribution < -0.4 is 10.7 Å². The molecule has 0 spiro atoms. The lowest BCUT2D eigenvalue weighted by molar-refractivity contribution is -0.144. The van der Waals surface area contributed by atoms with E-state index < -0.39 is 16.2 Å². The maximum atomic E-state index is 13.6. The molecule has 2 aromatic carbocycles. The Labute approximate surface area is 171 Å². The van der Waals surface area contributed by atoms with E-state index in [-0.39, 0.29) is 11.7 Å². The Morgan fingerprint density at radius 1 is 0.966 bits per heavy atom. The van der Waals surface area contributed by atoms with Crippen LogP contribution in [0.1, 0.15) is 39.2 Å². The molecule has 2 fully saturated rings. The summed E-state index contributed by atoms with van der Waals surface area (Å²) in [6.07, 6.45) is 1.32. The van der Waals surface area contributed by atoms with Crippen molar-refractivity contribution in [2.24, 2.45) is 21.3 Å².